The van der Waals surface area contributed by atoms with Crippen molar-refractivity contribution >= 4 is 23.8 Å². The van der Waals surface area contributed by atoms with Crippen LogP contribution in [0.3, 0.4) is 0 Å². The second-order valence-corrected chi connectivity index (χ2v) is 8.19. The Kier molecular flexibility index (Phi) is 6.44. The second-order valence-electron chi connectivity index (χ2n) is 8.19. The summed E-state index contributed by atoms with van der Waals surface area (Å²) in [5, 5.41) is 15.6. The summed E-state index contributed by atoms with van der Waals surface area (Å²) in [5.74, 6) is -3.64. The van der Waals surface area contributed by atoms with E-state index in [9.17, 15) is 28.7 Å². The number of nitrogens with zero attached hydrogens (tertiary/aromatic N) is 3. The largest absolute Gasteiger partial charge is 0.501 e. The molecule has 1 aromatic heterocycles. The number of amides is 3. The maximum absolute atomic E-state index is 13.8. The van der Waals surface area contributed by atoms with Crippen LogP contribution in [0.5, 0.6) is 5.75 Å². The average Bonchev–Trinajstić information content (AvgIpc) is 3.04. The molecule has 0 saturated carbocycles. The number of hydrogen-bond acceptors (Lipinski definition) is 6. The van der Waals surface area contributed by atoms with Gasteiger partial charge in [0.05, 0.1) is 6.04 Å². The molecule has 3 amide bonds. The van der Waals surface area contributed by atoms with Crippen LogP contribution in [0.15, 0.2) is 29.1 Å². The summed E-state index contributed by atoms with van der Waals surface area (Å²) in [6.07, 6.45) is 4.79. The number of fused-ring (bicyclic) bond motifs is 2. The van der Waals surface area contributed by atoms with E-state index < -0.39 is 46.6 Å². The predicted octanol–water partition coefficient (Wildman–Crippen LogP) is 0.844. The van der Waals surface area contributed by atoms with E-state index >= 15 is 0 Å². The predicted molar refractivity (Wildman–Crippen MR) is 119 cm³/mol. The van der Waals surface area contributed by atoms with Crippen molar-refractivity contribution in [3.05, 3.63) is 63.1 Å². The highest BCUT2D eigenvalue weighted by Crippen LogP contribution is 2.28. The maximum Gasteiger partial charge on any atom is 0.312 e. The zero-order valence-electron chi connectivity index (χ0n) is 18.5. The summed E-state index contributed by atoms with van der Waals surface area (Å²) < 4.78 is 15.0. The van der Waals surface area contributed by atoms with Gasteiger partial charge in [-0.2, -0.15) is 0 Å². The normalized spacial score (nSPS) is 19.2. The molecule has 2 aliphatic heterocycles. The highest BCUT2D eigenvalue weighted by molar-refractivity contribution is 6.35. The molecule has 3 heterocycles. The van der Waals surface area contributed by atoms with Gasteiger partial charge in [0.25, 0.3) is 11.5 Å². The van der Waals surface area contributed by atoms with Gasteiger partial charge in [0.2, 0.25) is 5.75 Å². The molecule has 2 aliphatic rings. The first-order chi connectivity index (χ1) is 16.3. The molecule has 178 valence electrons. The molecule has 11 heteroatoms. The molecule has 34 heavy (non-hydrogen) atoms. The summed E-state index contributed by atoms with van der Waals surface area (Å²) in [6.45, 7) is 0.259. The zero-order chi connectivity index (χ0) is 24.4. The van der Waals surface area contributed by atoms with E-state index in [-0.39, 0.29) is 25.5 Å². The van der Waals surface area contributed by atoms with E-state index in [1.54, 1.807) is 12.2 Å². The van der Waals surface area contributed by atoms with Gasteiger partial charge in [-0.1, -0.05) is 18.2 Å². The van der Waals surface area contributed by atoms with Crippen molar-refractivity contribution in [2.75, 3.05) is 13.6 Å². The monoisotopic (exact) mass is 469 g/mol. The standard InChI is InChI=1S/C23H24FN5O5/c1-28-16-6-2-3-10-29-19(16)27-17(18(30)22(29)33)20(31)26-12-14-7-8-15(24)11-13(14)5-4-9-25-21(32)23(28)34/h4-5,7-8,11,16,30H,2-3,6,9-10,12H2,1H3,(H,25,32)(H,26,31). The fourth-order valence-corrected chi connectivity index (χ4v) is 4.15. The summed E-state index contributed by atoms with van der Waals surface area (Å²) in [4.78, 5) is 56.6. The number of hydrogen-bond donors (Lipinski definition) is 3. The van der Waals surface area contributed by atoms with Gasteiger partial charge in [0.1, 0.15) is 11.6 Å². The topological polar surface area (TPSA) is 134 Å². The Morgan fingerprint density at radius 3 is 2.71 bits per heavy atom. The Morgan fingerprint density at radius 1 is 1.12 bits per heavy atom. The van der Waals surface area contributed by atoms with E-state index in [4.69, 9.17) is 0 Å². The molecule has 1 aromatic carbocycles. The highest BCUT2D eigenvalue weighted by Gasteiger charge is 2.33. The molecule has 10 nitrogen and oxygen atoms in total. The van der Waals surface area contributed by atoms with Crippen LogP contribution in [0, 0.1) is 5.82 Å². The third-order valence-electron chi connectivity index (χ3n) is 6.00. The van der Waals surface area contributed by atoms with Gasteiger partial charge in [-0.05, 0) is 42.5 Å². The quantitative estimate of drug-likeness (QED) is 0.490. The maximum atomic E-state index is 13.8. The first kappa shape index (κ1) is 23.1. The van der Waals surface area contributed by atoms with Gasteiger partial charge in [-0.25, -0.2) is 9.37 Å². The molecule has 4 rings (SSSR count). The molecular weight excluding hydrogens is 445 g/mol. The van der Waals surface area contributed by atoms with Crippen LogP contribution in [0.25, 0.3) is 6.08 Å². The average molecular weight is 469 g/mol. The third-order valence-corrected chi connectivity index (χ3v) is 6.00. The molecule has 1 unspecified atom stereocenters. The van der Waals surface area contributed by atoms with Crippen molar-refractivity contribution in [2.45, 2.75) is 38.4 Å². The van der Waals surface area contributed by atoms with E-state index in [0.717, 1.165) is 0 Å². The minimum Gasteiger partial charge on any atom is -0.501 e. The van der Waals surface area contributed by atoms with Crippen LogP contribution >= 0.6 is 0 Å². The number of benzene rings is 1. The molecule has 0 saturated heterocycles. The number of likely N-dealkylation sites (N-methyl/N-ethyl adjacent to an activating group) is 1. The van der Waals surface area contributed by atoms with Crippen LogP contribution in [0.1, 0.15) is 52.7 Å². The van der Waals surface area contributed by atoms with Crippen molar-refractivity contribution in [3.63, 3.8) is 0 Å². The number of nitrogens with one attached hydrogen (secondary N) is 2. The Hall–Kier alpha value is -4.02. The lowest BCUT2D eigenvalue weighted by Crippen LogP contribution is -2.44. The van der Waals surface area contributed by atoms with Crippen molar-refractivity contribution in [3.8, 4) is 5.75 Å². The van der Waals surface area contributed by atoms with Gasteiger partial charge in [0.15, 0.2) is 5.69 Å². The summed E-state index contributed by atoms with van der Waals surface area (Å²) in [7, 11) is 1.43. The van der Waals surface area contributed by atoms with Crippen LogP contribution in [0.2, 0.25) is 0 Å². The number of aromatic nitrogens is 2. The third kappa shape index (κ3) is 4.41. The number of aromatic hydroxyl groups is 1. The van der Waals surface area contributed by atoms with E-state index in [2.05, 4.69) is 15.6 Å². The van der Waals surface area contributed by atoms with E-state index in [1.165, 1.54) is 34.7 Å². The lowest BCUT2D eigenvalue weighted by Gasteiger charge is -2.27. The molecule has 0 aliphatic carbocycles. The molecule has 0 radical (unpaired) electrons. The van der Waals surface area contributed by atoms with Crippen molar-refractivity contribution < 1.29 is 23.9 Å². The molecule has 0 fully saturated rings. The number of carbonyl (C=O) groups excluding carboxylic acids is 3. The Balaban J connectivity index is 1.83. The lowest BCUT2D eigenvalue weighted by molar-refractivity contribution is -0.146. The molecule has 3 N–H and O–H groups in total. The summed E-state index contributed by atoms with van der Waals surface area (Å²) in [6, 6.07) is 3.25. The van der Waals surface area contributed by atoms with E-state index in [0.29, 0.717) is 30.4 Å². The molecule has 2 aromatic rings. The zero-order valence-corrected chi connectivity index (χ0v) is 18.5. The number of rotatable bonds is 0. The lowest BCUT2D eigenvalue weighted by atomic mass is 10.1. The van der Waals surface area contributed by atoms with Crippen LogP contribution in [-0.2, 0) is 22.7 Å². The smallest absolute Gasteiger partial charge is 0.312 e. The minimum absolute atomic E-state index is 0.0213. The van der Waals surface area contributed by atoms with Gasteiger partial charge < -0.3 is 20.6 Å². The SMILES string of the molecule is CN1C(=O)C(=O)NCC=Cc2cc(F)ccc2CNC(=O)c2nc3n(c(=O)c2O)CCCCC31. The van der Waals surface area contributed by atoms with Crippen LogP contribution in [0.4, 0.5) is 4.39 Å². The van der Waals surface area contributed by atoms with Gasteiger partial charge >= 0.3 is 11.8 Å². The van der Waals surface area contributed by atoms with Gasteiger partial charge in [0, 0.05) is 26.7 Å². The molecule has 2 bridgehead atoms. The first-order valence-corrected chi connectivity index (χ1v) is 10.9. The molecule has 0 spiro atoms. The second kappa shape index (κ2) is 9.46. The fourth-order valence-electron chi connectivity index (χ4n) is 4.15. The molecular formula is C23H24FN5O5. The first-order valence-electron chi connectivity index (χ1n) is 10.9. The Labute approximate surface area is 194 Å². The number of halogens is 1. The summed E-state index contributed by atoms with van der Waals surface area (Å²) in [5.41, 5.74) is -0.257. The highest BCUT2D eigenvalue weighted by atomic mass is 19.1. The van der Waals surface area contributed by atoms with Gasteiger partial charge in [-0.15, -0.1) is 0 Å². The van der Waals surface area contributed by atoms with Crippen LogP contribution in [-0.4, -0.2) is 50.9 Å². The minimum atomic E-state index is -0.853. The fraction of sp³-hybridized carbons (Fsp3) is 0.348. The Morgan fingerprint density at radius 2 is 1.91 bits per heavy atom. The Bertz CT molecular complexity index is 1260. The van der Waals surface area contributed by atoms with Crippen molar-refractivity contribution in [1.29, 1.82) is 0 Å². The molecule has 1 atom stereocenters. The summed E-state index contributed by atoms with van der Waals surface area (Å²) >= 11 is 0. The van der Waals surface area contributed by atoms with Crippen LogP contribution < -0.4 is 16.2 Å². The van der Waals surface area contributed by atoms with Crippen molar-refractivity contribution in [2.24, 2.45) is 0 Å². The van der Waals surface area contributed by atoms with E-state index in [1.807, 2.05) is 0 Å². The van der Waals surface area contributed by atoms with Crippen molar-refractivity contribution in [1.82, 2.24) is 25.1 Å². The van der Waals surface area contributed by atoms with Gasteiger partial charge in [-0.3, -0.25) is 23.7 Å². The number of carbonyl (C=O) groups is 3.